The van der Waals surface area contributed by atoms with Gasteiger partial charge in [-0.05, 0) is 17.7 Å². The molecule has 0 aliphatic rings. The second-order valence-corrected chi connectivity index (χ2v) is 2.86. The van der Waals surface area contributed by atoms with Gasteiger partial charge in [-0.15, -0.1) is 0 Å². The van der Waals surface area contributed by atoms with Crippen LogP contribution in [0.5, 0.6) is 5.75 Å². The van der Waals surface area contributed by atoms with Crippen LogP contribution in [0.2, 0.25) is 0 Å². The van der Waals surface area contributed by atoms with Gasteiger partial charge in [0.2, 0.25) is 0 Å². The predicted octanol–water partition coefficient (Wildman–Crippen LogP) is 1.18. The summed E-state index contributed by atoms with van der Waals surface area (Å²) in [6, 6.07) is 7.90. The Morgan fingerprint density at radius 1 is 1.43 bits per heavy atom. The Morgan fingerprint density at radius 3 is 2.71 bits per heavy atom. The Hall–Kier alpha value is -2.04. The minimum atomic E-state index is -0.410. The number of benzene rings is 1. The Balaban J connectivity index is 3.03. The molecule has 0 fully saturated rings. The van der Waals surface area contributed by atoms with E-state index in [-0.39, 0.29) is 17.7 Å². The van der Waals surface area contributed by atoms with Gasteiger partial charge in [0.1, 0.15) is 11.8 Å². The first-order chi connectivity index (χ1) is 6.69. The maximum Gasteiger partial charge on any atom is 0.133 e. The normalized spacial score (nSPS) is 11.4. The van der Waals surface area contributed by atoms with Crippen molar-refractivity contribution in [1.82, 2.24) is 0 Å². The van der Waals surface area contributed by atoms with E-state index in [2.05, 4.69) is 0 Å². The Bertz CT molecular complexity index is 414. The van der Waals surface area contributed by atoms with Gasteiger partial charge in [0.15, 0.2) is 0 Å². The number of hydrogen-bond donors (Lipinski definition) is 2. The Kier molecular flexibility index (Phi) is 3.06. The van der Waals surface area contributed by atoms with E-state index in [4.69, 9.17) is 16.3 Å². The fourth-order valence-electron chi connectivity index (χ4n) is 1.09. The first-order valence-electron chi connectivity index (χ1n) is 4.04. The molecule has 0 saturated heterocycles. The van der Waals surface area contributed by atoms with E-state index in [0.29, 0.717) is 5.56 Å². The van der Waals surface area contributed by atoms with Gasteiger partial charge in [0.05, 0.1) is 18.1 Å². The van der Waals surface area contributed by atoms with E-state index in [1.807, 2.05) is 12.1 Å². The summed E-state index contributed by atoms with van der Waals surface area (Å²) in [4.78, 5) is 0. The molecule has 0 saturated carbocycles. The fourth-order valence-corrected chi connectivity index (χ4v) is 1.09. The minimum absolute atomic E-state index is 0.0691. The largest absolute Gasteiger partial charge is 0.507 e. The third-order valence-corrected chi connectivity index (χ3v) is 1.88. The molecule has 4 nitrogen and oxygen atoms in total. The lowest BCUT2D eigenvalue weighted by atomic mass is 10.0. The van der Waals surface area contributed by atoms with Crippen LogP contribution in [0.25, 0.3) is 0 Å². The van der Waals surface area contributed by atoms with Crippen LogP contribution in [0.4, 0.5) is 0 Å². The molecule has 0 aromatic heterocycles. The van der Waals surface area contributed by atoms with Crippen molar-refractivity contribution in [2.45, 2.75) is 12.5 Å². The zero-order valence-electron chi connectivity index (χ0n) is 7.44. The molecule has 3 N–H and O–H groups in total. The molecule has 1 rings (SSSR count). The maximum atomic E-state index is 9.22. The summed E-state index contributed by atoms with van der Waals surface area (Å²) >= 11 is 0. The lowest BCUT2D eigenvalue weighted by Crippen LogP contribution is -2.09. The average Bonchev–Trinajstić information content (AvgIpc) is 2.19. The number of nitriles is 2. The second kappa shape index (κ2) is 4.27. The SMILES string of the molecule is N#CC[C@H](N)c1ccc(O)c(C#N)c1. The van der Waals surface area contributed by atoms with Crippen molar-refractivity contribution in [3.8, 4) is 17.9 Å². The van der Waals surface area contributed by atoms with Gasteiger partial charge in [-0.25, -0.2) is 0 Å². The van der Waals surface area contributed by atoms with Gasteiger partial charge in [-0.3, -0.25) is 0 Å². The van der Waals surface area contributed by atoms with Crippen LogP contribution in [0, 0.1) is 22.7 Å². The lowest BCUT2D eigenvalue weighted by molar-refractivity contribution is 0.473. The van der Waals surface area contributed by atoms with Crippen molar-refractivity contribution >= 4 is 0 Å². The zero-order chi connectivity index (χ0) is 10.6. The monoisotopic (exact) mass is 187 g/mol. The molecule has 0 aliphatic heterocycles. The molecule has 0 radical (unpaired) electrons. The molecule has 14 heavy (non-hydrogen) atoms. The van der Waals surface area contributed by atoms with Crippen LogP contribution in [0.15, 0.2) is 18.2 Å². The van der Waals surface area contributed by atoms with Gasteiger partial charge in [0.25, 0.3) is 0 Å². The molecule has 70 valence electrons. The van der Waals surface area contributed by atoms with E-state index in [0.717, 1.165) is 0 Å². The summed E-state index contributed by atoms with van der Waals surface area (Å²) in [6.45, 7) is 0. The molecule has 1 aromatic carbocycles. The molecule has 0 bridgehead atoms. The summed E-state index contributed by atoms with van der Waals surface area (Å²) < 4.78 is 0. The number of rotatable bonds is 2. The van der Waals surface area contributed by atoms with Crippen LogP contribution in [0.3, 0.4) is 0 Å². The van der Waals surface area contributed by atoms with E-state index in [9.17, 15) is 5.11 Å². The molecule has 1 aromatic rings. The van der Waals surface area contributed by atoms with Crippen LogP contribution in [0.1, 0.15) is 23.6 Å². The van der Waals surface area contributed by atoms with E-state index >= 15 is 0 Å². The molecular weight excluding hydrogens is 178 g/mol. The molecule has 0 aliphatic carbocycles. The smallest absolute Gasteiger partial charge is 0.133 e. The predicted molar refractivity (Wildman–Crippen MR) is 50.0 cm³/mol. The summed E-state index contributed by atoms with van der Waals surface area (Å²) in [5.74, 6) is -0.0691. The number of phenols is 1. The third kappa shape index (κ3) is 2.01. The van der Waals surface area contributed by atoms with E-state index in [1.54, 1.807) is 6.07 Å². The van der Waals surface area contributed by atoms with Crippen molar-refractivity contribution in [2.24, 2.45) is 5.73 Å². The van der Waals surface area contributed by atoms with Gasteiger partial charge in [-0.1, -0.05) is 6.07 Å². The van der Waals surface area contributed by atoms with Gasteiger partial charge in [-0.2, -0.15) is 10.5 Å². The standard InChI is InChI=1S/C10H9N3O/c11-4-3-9(13)7-1-2-10(14)8(5-7)6-12/h1-2,5,9,14H,3,13H2/t9-/m0/s1. The number of aromatic hydroxyl groups is 1. The van der Waals surface area contributed by atoms with Gasteiger partial charge >= 0.3 is 0 Å². The summed E-state index contributed by atoms with van der Waals surface area (Å²) in [5, 5.41) is 26.3. The van der Waals surface area contributed by atoms with Crippen LogP contribution in [-0.4, -0.2) is 5.11 Å². The average molecular weight is 187 g/mol. The first-order valence-corrected chi connectivity index (χ1v) is 4.04. The molecule has 0 unspecified atom stereocenters. The van der Waals surface area contributed by atoms with E-state index < -0.39 is 6.04 Å². The summed E-state index contributed by atoms with van der Waals surface area (Å²) in [6.07, 6.45) is 0.190. The highest BCUT2D eigenvalue weighted by atomic mass is 16.3. The molecule has 0 heterocycles. The van der Waals surface area contributed by atoms with Crippen LogP contribution < -0.4 is 5.73 Å². The van der Waals surface area contributed by atoms with Crippen LogP contribution in [-0.2, 0) is 0 Å². The lowest BCUT2D eigenvalue weighted by Gasteiger charge is -2.08. The molecular formula is C10H9N3O. The second-order valence-electron chi connectivity index (χ2n) is 2.86. The van der Waals surface area contributed by atoms with Gasteiger partial charge < -0.3 is 10.8 Å². The third-order valence-electron chi connectivity index (χ3n) is 1.88. The molecule has 0 amide bonds. The van der Waals surface area contributed by atoms with Crippen molar-refractivity contribution < 1.29 is 5.11 Å². The summed E-state index contributed by atoms with van der Waals surface area (Å²) in [5.41, 5.74) is 6.52. The zero-order valence-corrected chi connectivity index (χ0v) is 7.44. The Morgan fingerprint density at radius 2 is 2.14 bits per heavy atom. The van der Waals surface area contributed by atoms with Crippen LogP contribution >= 0.6 is 0 Å². The fraction of sp³-hybridized carbons (Fsp3) is 0.200. The first kappa shape index (κ1) is 10.0. The number of nitrogens with two attached hydrogens (primary N) is 1. The highest BCUT2D eigenvalue weighted by Crippen LogP contribution is 2.21. The van der Waals surface area contributed by atoms with E-state index in [1.165, 1.54) is 12.1 Å². The minimum Gasteiger partial charge on any atom is -0.507 e. The summed E-state index contributed by atoms with van der Waals surface area (Å²) in [7, 11) is 0. The van der Waals surface area contributed by atoms with Crippen molar-refractivity contribution in [1.29, 1.82) is 10.5 Å². The highest BCUT2D eigenvalue weighted by Gasteiger charge is 2.08. The van der Waals surface area contributed by atoms with Gasteiger partial charge in [0, 0.05) is 6.04 Å². The number of phenolic OH excluding ortho intramolecular Hbond substituents is 1. The maximum absolute atomic E-state index is 9.22. The van der Waals surface area contributed by atoms with Crippen molar-refractivity contribution in [3.63, 3.8) is 0 Å². The number of nitrogens with zero attached hydrogens (tertiary/aromatic N) is 2. The Labute approximate surface area is 81.8 Å². The highest BCUT2D eigenvalue weighted by molar-refractivity contribution is 5.45. The molecule has 4 heteroatoms. The number of hydrogen-bond acceptors (Lipinski definition) is 4. The molecule has 1 atom stereocenters. The topological polar surface area (TPSA) is 93.8 Å². The quantitative estimate of drug-likeness (QED) is 0.726. The van der Waals surface area contributed by atoms with Crippen molar-refractivity contribution in [2.75, 3.05) is 0 Å². The molecule has 0 spiro atoms. The van der Waals surface area contributed by atoms with Crippen molar-refractivity contribution in [3.05, 3.63) is 29.3 Å².